The van der Waals surface area contributed by atoms with Crippen molar-refractivity contribution in [1.82, 2.24) is 0 Å². The van der Waals surface area contributed by atoms with Crippen LogP contribution in [0.25, 0.3) is 0 Å². The van der Waals surface area contributed by atoms with Crippen LogP contribution in [0.3, 0.4) is 0 Å². The summed E-state index contributed by atoms with van der Waals surface area (Å²) in [5, 5.41) is 2.80. The van der Waals surface area contributed by atoms with Crippen LogP contribution in [0.1, 0.15) is 19.4 Å². The van der Waals surface area contributed by atoms with E-state index in [1.807, 2.05) is 24.3 Å². The SMILES string of the molecule is CCc1cccc(NC(=O)C(C)OC)c1. The zero-order valence-corrected chi connectivity index (χ0v) is 9.41. The maximum atomic E-state index is 11.5. The number of rotatable bonds is 4. The highest BCUT2D eigenvalue weighted by Gasteiger charge is 2.11. The van der Waals surface area contributed by atoms with E-state index in [9.17, 15) is 4.79 Å². The lowest BCUT2D eigenvalue weighted by Crippen LogP contribution is -2.26. The van der Waals surface area contributed by atoms with Gasteiger partial charge in [-0.15, -0.1) is 0 Å². The van der Waals surface area contributed by atoms with Crippen LogP contribution < -0.4 is 5.32 Å². The predicted octanol–water partition coefficient (Wildman–Crippen LogP) is 2.22. The largest absolute Gasteiger partial charge is 0.372 e. The van der Waals surface area contributed by atoms with Gasteiger partial charge in [0.25, 0.3) is 5.91 Å². The molecule has 1 amide bonds. The molecule has 1 aromatic rings. The molecule has 0 aromatic heterocycles. The fourth-order valence-electron chi connectivity index (χ4n) is 1.22. The minimum absolute atomic E-state index is 0.120. The molecule has 82 valence electrons. The van der Waals surface area contributed by atoms with E-state index in [0.717, 1.165) is 12.1 Å². The normalized spacial score (nSPS) is 12.2. The Morgan fingerprint density at radius 3 is 2.87 bits per heavy atom. The topological polar surface area (TPSA) is 38.3 Å². The second kappa shape index (κ2) is 5.51. The molecule has 0 aliphatic carbocycles. The third kappa shape index (κ3) is 3.36. The van der Waals surface area contributed by atoms with Crippen LogP contribution in [0.2, 0.25) is 0 Å². The van der Waals surface area contributed by atoms with E-state index >= 15 is 0 Å². The van der Waals surface area contributed by atoms with E-state index < -0.39 is 6.10 Å². The molecule has 0 bridgehead atoms. The van der Waals surface area contributed by atoms with Crippen molar-refractivity contribution in [3.63, 3.8) is 0 Å². The van der Waals surface area contributed by atoms with Crippen molar-refractivity contribution in [2.24, 2.45) is 0 Å². The van der Waals surface area contributed by atoms with Gasteiger partial charge in [-0.2, -0.15) is 0 Å². The van der Waals surface area contributed by atoms with Gasteiger partial charge in [0.15, 0.2) is 0 Å². The average Bonchev–Trinajstić information content (AvgIpc) is 2.28. The molecule has 15 heavy (non-hydrogen) atoms. The minimum Gasteiger partial charge on any atom is -0.372 e. The molecule has 0 saturated carbocycles. The summed E-state index contributed by atoms with van der Waals surface area (Å²) < 4.78 is 4.93. The van der Waals surface area contributed by atoms with E-state index in [-0.39, 0.29) is 5.91 Å². The lowest BCUT2D eigenvalue weighted by molar-refractivity contribution is -0.124. The number of anilines is 1. The zero-order chi connectivity index (χ0) is 11.3. The number of hydrogen-bond donors (Lipinski definition) is 1. The van der Waals surface area contributed by atoms with Crippen molar-refractivity contribution in [1.29, 1.82) is 0 Å². The number of aryl methyl sites for hydroxylation is 1. The smallest absolute Gasteiger partial charge is 0.253 e. The summed E-state index contributed by atoms with van der Waals surface area (Å²) in [5.41, 5.74) is 2.03. The molecule has 0 saturated heterocycles. The Balaban J connectivity index is 2.68. The highest BCUT2D eigenvalue weighted by Crippen LogP contribution is 2.11. The first-order chi connectivity index (χ1) is 7.17. The fourth-order valence-corrected chi connectivity index (χ4v) is 1.22. The second-order valence-electron chi connectivity index (χ2n) is 3.42. The lowest BCUT2D eigenvalue weighted by Gasteiger charge is -2.10. The van der Waals surface area contributed by atoms with Gasteiger partial charge in [0.2, 0.25) is 0 Å². The van der Waals surface area contributed by atoms with Crippen LogP contribution in [0.15, 0.2) is 24.3 Å². The van der Waals surface area contributed by atoms with E-state index in [1.165, 1.54) is 12.7 Å². The standard InChI is InChI=1S/C12H17NO2/c1-4-10-6-5-7-11(8-10)13-12(14)9(2)15-3/h5-9H,4H2,1-3H3,(H,13,14). The second-order valence-corrected chi connectivity index (χ2v) is 3.42. The van der Waals surface area contributed by atoms with Gasteiger partial charge in [-0.3, -0.25) is 4.79 Å². The molecule has 0 radical (unpaired) electrons. The summed E-state index contributed by atoms with van der Waals surface area (Å²) in [4.78, 5) is 11.5. The van der Waals surface area contributed by atoms with Crippen molar-refractivity contribution in [3.05, 3.63) is 29.8 Å². The van der Waals surface area contributed by atoms with Crippen LogP contribution in [0.4, 0.5) is 5.69 Å². The number of carbonyl (C=O) groups is 1. The number of benzene rings is 1. The Kier molecular flexibility index (Phi) is 4.31. The zero-order valence-electron chi connectivity index (χ0n) is 9.41. The summed E-state index contributed by atoms with van der Waals surface area (Å²) in [6.07, 6.45) is 0.541. The third-order valence-corrected chi connectivity index (χ3v) is 2.33. The number of ether oxygens (including phenoxy) is 1. The van der Waals surface area contributed by atoms with Crippen LogP contribution >= 0.6 is 0 Å². The summed E-state index contributed by atoms with van der Waals surface area (Å²) in [7, 11) is 1.52. The van der Waals surface area contributed by atoms with Gasteiger partial charge in [-0.25, -0.2) is 0 Å². The molecule has 0 heterocycles. The van der Waals surface area contributed by atoms with Crippen molar-refractivity contribution in [2.75, 3.05) is 12.4 Å². The first-order valence-corrected chi connectivity index (χ1v) is 5.10. The number of carbonyl (C=O) groups excluding carboxylic acids is 1. The Labute approximate surface area is 90.4 Å². The molecule has 0 aliphatic heterocycles. The van der Waals surface area contributed by atoms with Gasteiger partial charge in [-0.1, -0.05) is 19.1 Å². The molecule has 3 nitrogen and oxygen atoms in total. The number of methoxy groups -OCH3 is 1. The van der Waals surface area contributed by atoms with Gasteiger partial charge < -0.3 is 10.1 Å². The molecule has 1 atom stereocenters. The van der Waals surface area contributed by atoms with E-state index in [2.05, 4.69) is 12.2 Å². The van der Waals surface area contributed by atoms with Crippen molar-refractivity contribution < 1.29 is 9.53 Å². The van der Waals surface area contributed by atoms with Crippen LogP contribution in [0.5, 0.6) is 0 Å². The number of amides is 1. The van der Waals surface area contributed by atoms with Crippen LogP contribution in [0, 0.1) is 0 Å². The molecule has 1 N–H and O–H groups in total. The van der Waals surface area contributed by atoms with Gasteiger partial charge in [0.05, 0.1) is 0 Å². The third-order valence-electron chi connectivity index (χ3n) is 2.33. The maximum absolute atomic E-state index is 11.5. The van der Waals surface area contributed by atoms with Crippen molar-refractivity contribution in [2.45, 2.75) is 26.4 Å². The number of hydrogen-bond acceptors (Lipinski definition) is 2. The first kappa shape index (κ1) is 11.7. The van der Waals surface area contributed by atoms with Gasteiger partial charge in [-0.05, 0) is 31.0 Å². The van der Waals surface area contributed by atoms with E-state index in [4.69, 9.17) is 4.74 Å². The Bertz CT molecular complexity index is 336. The first-order valence-electron chi connectivity index (χ1n) is 5.10. The highest BCUT2D eigenvalue weighted by atomic mass is 16.5. The molecular formula is C12H17NO2. The highest BCUT2D eigenvalue weighted by molar-refractivity contribution is 5.93. The van der Waals surface area contributed by atoms with Crippen LogP contribution in [-0.4, -0.2) is 19.1 Å². The van der Waals surface area contributed by atoms with Crippen molar-refractivity contribution in [3.8, 4) is 0 Å². The summed E-state index contributed by atoms with van der Waals surface area (Å²) >= 11 is 0. The molecule has 1 aromatic carbocycles. The minimum atomic E-state index is -0.421. The van der Waals surface area contributed by atoms with Gasteiger partial charge in [0.1, 0.15) is 6.10 Å². The molecule has 0 aliphatic rings. The molecule has 0 spiro atoms. The molecule has 1 rings (SSSR count). The summed E-state index contributed by atoms with van der Waals surface area (Å²) in [5.74, 6) is -0.120. The molecule has 3 heteroatoms. The summed E-state index contributed by atoms with van der Waals surface area (Å²) in [6.45, 7) is 3.80. The van der Waals surface area contributed by atoms with Crippen molar-refractivity contribution >= 4 is 11.6 Å². The molecule has 1 unspecified atom stereocenters. The Morgan fingerprint density at radius 1 is 1.53 bits per heavy atom. The lowest BCUT2D eigenvalue weighted by atomic mass is 10.1. The summed E-state index contributed by atoms with van der Waals surface area (Å²) in [6, 6.07) is 7.82. The Hall–Kier alpha value is -1.35. The Morgan fingerprint density at radius 2 is 2.27 bits per heavy atom. The van der Waals surface area contributed by atoms with Gasteiger partial charge >= 0.3 is 0 Å². The monoisotopic (exact) mass is 207 g/mol. The molecular weight excluding hydrogens is 190 g/mol. The quantitative estimate of drug-likeness (QED) is 0.822. The number of nitrogens with one attached hydrogen (secondary N) is 1. The van der Waals surface area contributed by atoms with Crippen LogP contribution in [-0.2, 0) is 16.0 Å². The van der Waals surface area contributed by atoms with Gasteiger partial charge in [0, 0.05) is 12.8 Å². The molecule has 0 fully saturated rings. The average molecular weight is 207 g/mol. The van der Waals surface area contributed by atoms with E-state index in [0.29, 0.717) is 0 Å². The predicted molar refractivity (Wildman–Crippen MR) is 60.9 cm³/mol. The maximum Gasteiger partial charge on any atom is 0.253 e. The van der Waals surface area contributed by atoms with E-state index in [1.54, 1.807) is 6.92 Å². The fraction of sp³-hybridized carbons (Fsp3) is 0.417.